The summed E-state index contributed by atoms with van der Waals surface area (Å²) >= 11 is 0. The second-order valence-corrected chi connectivity index (χ2v) is 2.10. The fourth-order valence-electron chi connectivity index (χ4n) is 0.488. The Morgan fingerprint density at radius 1 is 0.643 bits per heavy atom. The standard InChI is InChI=1S/C5HF9/c6-3(7,8)1-2(4(9,10)11)5(12,13)14/h1H. The van der Waals surface area contributed by atoms with E-state index in [1.54, 1.807) is 0 Å². The zero-order valence-electron chi connectivity index (χ0n) is 5.98. The normalized spacial score (nSPS) is 14.1. The summed E-state index contributed by atoms with van der Waals surface area (Å²) in [5.74, 6) is 0. The summed E-state index contributed by atoms with van der Waals surface area (Å²) in [6.45, 7) is 0. The first-order chi connectivity index (χ1) is 5.84. The summed E-state index contributed by atoms with van der Waals surface area (Å²) in [6, 6.07) is 0. The molecule has 0 atom stereocenters. The summed E-state index contributed by atoms with van der Waals surface area (Å²) in [7, 11) is 0. The van der Waals surface area contributed by atoms with Crippen LogP contribution in [0.2, 0.25) is 0 Å². The highest BCUT2D eigenvalue weighted by Crippen LogP contribution is 2.40. The molecule has 0 fully saturated rings. The van der Waals surface area contributed by atoms with Crippen molar-refractivity contribution in [2.75, 3.05) is 0 Å². The van der Waals surface area contributed by atoms with Crippen molar-refractivity contribution in [1.82, 2.24) is 0 Å². The summed E-state index contributed by atoms with van der Waals surface area (Å²) in [6.07, 6.45) is -19.6. The molecule has 0 aromatic heterocycles. The van der Waals surface area contributed by atoms with Crippen molar-refractivity contribution in [3.8, 4) is 0 Å². The molecule has 0 saturated heterocycles. The molecule has 0 radical (unpaired) electrons. The van der Waals surface area contributed by atoms with Crippen LogP contribution in [0.15, 0.2) is 11.6 Å². The van der Waals surface area contributed by atoms with Gasteiger partial charge in [-0.2, -0.15) is 39.5 Å². The fourth-order valence-corrected chi connectivity index (χ4v) is 0.488. The van der Waals surface area contributed by atoms with Crippen LogP contribution in [0.5, 0.6) is 0 Å². The van der Waals surface area contributed by atoms with Gasteiger partial charge in [-0.25, -0.2) is 0 Å². The third kappa shape index (κ3) is 4.38. The topological polar surface area (TPSA) is 0 Å². The lowest BCUT2D eigenvalue weighted by Crippen LogP contribution is -2.28. The van der Waals surface area contributed by atoms with Gasteiger partial charge in [-0.1, -0.05) is 0 Å². The molecule has 0 aliphatic carbocycles. The number of hydrogen-bond acceptors (Lipinski definition) is 0. The van der Waals surface area contributed by atoms with E-state index in [9.17, 15) is 39.5 Å². The van der Waals surface area contributed by atoms with Crippen LogP contribution in [0.3, 0.4) is 0 Å². The predicted octanol–water partition coefficient (Wildman–Crippen LogP) is 3.60. The van der Waals surface area contributed by atoms with Crippen molar-refractivity contribution in [3.63, 3.8) is 0 Å². The summed E-state index contributed by atoms with van der Waals surface area (Å²) in [4.78, 5) is 0. The van der Waals surface area contributed by atoms with Crippen molar-refractivity contribution in [1.29, 1.82) is 0 Å². The Balaban J connectivity index is 5.26. The Kier molecular flexibility index (Phi) is 3.14. The quantitative estimate of drug-likeness (QED) is 0.442. The second kappa shape index (κ2) is 3.35. The van der Waals surface area contributed by atoms with E-state index in [2.05, 4.69) is 0 Å². The lowest BCUT2D eigenvalue weighted by molar-refractivity contribution is -0.178. The maximum Gasteiger partial charge on any atom is 0.421 e. The molecular formula is C5HF9. The Morgan fingerprint density at radius 2 is 0.929 bits per heavy atom. The maximum atomic E-state index is 11.5. The van der Waals surface area contributed by atoms with E-state index in [-0.39, 0.29) is 0 Å². The molecule has 0 aliphatic rings. The third-order valence-electron chi connectivity index (χ3n) is 0.919. The molecule has 0 amide bonds. The number of halogens is 9. The van der Waals surface area contributed by atoms with Gasteiger partial charge in [0.25, 0.3) is 0 Å². The van der Waals surface area contributed by atoms with Gasteiger partial charge in [-0.05, 0) is 0 Å². The van der Waals surface area contributed by atoms with Crippen LogP contribution in [-0.4, -0.2) is 18.5 Å². The first-order valence-corrected chi connectivity index (χ1v) is 2.78. The Labute approximate surface area is 71.0 Å². The van der Waals surface area contributed by atoms with Crippen molar-refractivity contribution in [2.45, 2.75) is 18.5 Å². The molecular weight excluding hydrogens is 231 g/mol. The van der Waals surface area contributed by atoms with E-state index in [1.165, 1.54) is 0 Å². The number of allylic oxidation sites excluding steroid dienone is 2. The van der Waals surface area contributed by atoms with Gasteiger partial charge in [0.2, 0.25) is 0 Å². The zero-order chi connectivity index (χ0) is 11.8. The van der Waals surface area contributed by atoms with Gasteiger partial charge in [0.15, 0.2) is 0 Å². The molecule has 0 aromatic carbocycles. The minimum atomic E-state index is -6.08. The van der Waals surface area contributed by atoms with Crippen LogP contribution in [0.1, 0.15) is 0 Å². The highest BCUT2D eigenvalue weighted by atomic mass is 19.4. The van der Waals surface area contributed by atoms with Crippen LogP contribution in [0, 0.1) is 0 Å². The summed E-state index contributed by atoms with van der Waals surface area (Å²) in [5.41, 5.74) is -3.57. The first kappa shape index (κ1) is 13.1. The van der Waals surface area contributed by atoms with E-state index in [0.29, 0.717) is 0 Å². The lowest BCUT2D eigenvalue weighted by Gasteiger charge is -2.15. The van der Waals surface area contributed by atoms with Gasteiger partial charge in [0.1, 0.15) is 5.57 Å². The Hall–Kier alpha value is -0.890. The molecule has 0 bridgehead atoms. The van der Waals surface area contributed by atoms with E-state index >= 15 is 0 Å². The molecule has 0 heterocycles. The molecule has 84 valence electrons. The van der Waals surface area contributed by atoms with Crippen molar-refractivity contribution in [2.24, 2.45) is 0 Å². The average molecular weight is 232 g/mol. The predicted molar refractivity (Wildman–Crippen MR) is 26.2 cm³/mol. The number of rotatable bonds is 0. The minimum absolute atomic E-state index is 1.81. The van der Waals surface area contributed by atoms with Crippen molar-refractivity contribution >= 4 is 0 Å². The van der Waals surface area contributed by atoms with E-state index in [0.717, 1.165) is 0 Å². The maximum absolute atomic E-state index is 11.5. The SMILES string of the molecule is FC(F)(F)C=C(C(F)(F)F)C(F)(F)F. The average Bonchev–Trinajstić information content (AvgIpc) is 1.75. The Bertz CT molecular complexity index is 207. The van der Waals surface area contributed by atoms with E-state index in [1.807, 2.05) is 0 Å². The molecule has 0 rings (SSSR count). The van der Waals surface area contributed by atoms with Gasteiger partial charge in [-0.3, -0.25) is 0 Å². The summed E-state index contributed by atoms with van der Waals surface area (Å²) in [5, 5.41) is 0. The van der Waals surface area contributed by atoms with Crippen LogP contribution in [-0.2, 0) is 0 Å². The van der Waals surface area contributed by atoms with Crippen LogP contribution < -0.4 is 0 Å². The number of alkyl halides is 9. The minimum Gasteiger partial charge on any atom is -0.167 e. The second-order valence-electron chi connectivity index (χ2n) is 2.10. The van der Waals surface area contributed by atoms with Crippen LogP contribution in [0.4, 0.5) is 39.5 Å². The van der Waals surface area contributed by atoms with Crippen LogP contribution >= 0.6 is 0 Å². The molecule has 0 spiro atoms. The van der Waals surface area contributed by atoms with Gasteiger partial charge in [-0.15, -0.1) is 0 Å². The van der Waals surface area contributed by atoms with Gasteiger partial charge >= 0.3 is 18.5 Å². The van der Waals surface area contributed by atoms with Crippen molar-refractivity contribution in [3.05, 3.63) is 11.6 Å². The molecule has 0 nitrogen and oxygen atoms in total. The monoisotopic (exact) mass is 232 g/mol. The number of hydrogen-bond donors (Lipinski definition) is 0. The highest BCUT2D eigenvalue weighted by Gasteiger charge is 2.53. The van der Waals surface area contributed by atoms with E-state index < -0.39 is 30.2 Å². The molecule has 0 N–H and O–H groups in total. The summed E-state index contributed by atoms with van der Waals surface area (Å²) < 4.78 is 103. The molecule has 9 heteroatoms. The molecule has 0 saturated carbocycles. The molecule has 14 heavy (non-hydrogen) atoms. The lowest BCUT2D eigenvalue weighted by atomic mass is 10.2. The van der Waals surface area contributed by atoms with Gasteiger partial charge in [0.05, 0.1) is 0 Å². The van der Waals surface area contributed by atoms with Gasteiger partial charge < -0.3 is 0 Å². The molecule has 0 aliphatic heterocycles. The van der Waals surface area contributed by atoms with Gasteiger partial charge in [0, 0.05) is 6.08 Å². The smallest absolute Gasteiger partial charge is 0.167 e. The zero-order valence-corrected chi connectivity index (χ0v) is 5.98. The van der Waals surface area contributed by atoms with Crippen LogP contribution in [0.25, 0.3) is 0 Å². The van der Waals surface area contributed by atoms with Crippen molar-refractivity contribution < 1.29 is 39.5 Å². The first-order valence-electron chi connectivity index (χ1n) is 2.78. The largest absolute Gasteiger partial charge is 0.421 e. The third-order valence-corrected chi connectivity index (χ3v) is 0.919. The fraction of sp³-hybridized carbons (Fsp3) is 0.600. The highest BCUT2D eigenvalue weighted by molar-refractivity contribution is 5.17. The molecule has 0 aromatic rings. The van der Waals surface area contributed by atoms with E-state index in [4.69, 9.17) is 0 Å². The Morgan fingerprint density at radius 3 is 1.00 bits per heavy atom. The molecule has 0 unspecified atom stereocenters.